The number of aromatic nitrogens is 4. The van der Waals surface area contributed by atoms with Gasteiger partial charge in [-0.25, -0.2) is 4.98 Å². The molecule has 4 aromatic heterocycles. The summed E-state index contributed by atoms with van der Waals surface area (Å²) in [5.74, 6) is 1.75. The Kier molecular flexibility index (Phi) is 6.05. The lowest BCUT2D eigenvalue weighted by atomic mass is 9.97. The van der Waals surface area contributed by atoms with Crippen LogP contribution in [0.4, 0.5) is 0 Å². The third kappa shape index (κ3) is 4.30. The summed E-state index contributed by atoms with van der Waals surface area (Å²) in [6, 6.07) is 54.8. The van der Waals surface area contributed by atoms with Gasteiger partial charge in [-0.05, 0) is 41.5 Å². The first-order valence-corrected chi connectivity index (χ1v) is 17.8. The third-order valence-electron chi connectivity index (χ3n) is 9.86. The lowest BCUT2D eigenvalue weighted by Crippen LogP contribution is -2.06. The number of rotatable bonds is 4. The van der Waals surface area contributed by atoms with Crippen molar-refractivity contribution in [1.82, 2.24) is 19.5 Å². The molecule has 0 aliphatic carbocycles. The van der Waals surface area contributed by atoms with E-state index in [-0.39, 0.29) is 0 Å². The number of hydrogen-bond acceptors (Lipinski definition) is 5. The summed E-state index contributed by atoms with van der Waals surface area (Å²) >= 11 is 1.81. The number of thiophene rings is 1. The van der Waals surface area contributed by atoms with Gasteiger partial charge in [0.2, 0.25) is 5.95 Å². The summed E-state index contributed by atoms with van der Waals surface area (Å²) in [6.45, 7) is 0. The summed E-state index contributed by atoms with van der Waals surface area (Å²) in [7, 11) is 0. The van der Waals surface area contributed by atoms with E-state index in [0.29, 0.717) is 17.6 Å². The van der Waals surface area contributed by atoms with Gasteiger partial charge in [0.15, 0.2) is 11.6 Å². The Labute approximate surface area is 295 Å². The van der Waals surface area contributed by atoms with Gasteiger partial charge in [-0.3, -0.25) is 4.57 Å². The van der Waals surface area contributed by atoms with Gasteiger partial charge >= 0.3 is 0 Å². The van der Waals surface area contributed by atoms with Crippen LogP contribution in [0.25, 0.3) is 104 Å². The van der Waals surface area contributed by atoms with Gasteiger partial charge in [0.1, 0.15) is 11.2 Å². The Morgan fingerprint density at radius 3 is 1.94 bits per heavy atom. The molecule has 51 heavy (non-hydrogen) atoms. The molecule has 5 nitrogen and oxygen atoms in total. The van der Waals surface area contributed by atoms with Crippen LogP contribution in [0, 0.1) is 0 Å². The molecule has 0 saturated heterocycles. The molecule has 0 atom stereocenters. The zero-order valence-electron chi connectivity index (χ0n) is 27.1. The van der Waals surface area contributed by atoms with E-state index in [1.54, 1.807) is 0 Å². The SMILES string of the molecule is c1ccc(-c2nc(-c3cc(-c4ccccc4)c4c(c3)oc3ccccc34)nc(-n3c4ccccc4c4ccc5c6ccccc6sc5c43)n2)cc1. The average Bonchev–Trinajstić information content (AvgIpc) is 3.88. The molecule has 0 bridgehead atoms. The first-order valence-electron chi connectivity index (χ1n) is 16.9. The van der Waals surface area contributed by atoms with Gasteiger partial charge < -0.3 is 4.42 Å². The number of furan rings is 1. The maximum absolute atomic E-state index is 6.51. The Balaban J connectivity index is 1.25. The van der Waals surface area contributed by atoms with Crippen LogP contribution in [0.3, 0.4) is 0 Å². The van der Waals surface area contributed by atoms with Gasteiger partial charge in [0.05, 0.1) is 15.7 Å². The summed E-state index contributed by atoms with van der Waals surface area (Å²) in [5, 5.41) is 6.97. The highest BCUT2D eigenvalue weighted by Gasteiger charge is 2.22. The minimum atomic E-state index is 0.570. The zero-order valence-corrected chi connectivity index (χ0v) is 27.9. The molecule has 0 spiro atoms. The normalized spacial score (nSPS) is 11.9. The van der Waals surface area contributed by atoms with Crippen molar-refractivity contribution in [2.75, 3.05) is 0 Å². The fraction of sp³-hybridized carbons (Fsp3) is 0. The smallest absolute Gasteiger partial charge is 0.238 e. The molecule has 0 fully saturated rings. The molecule has 0 radical (unpaired) electrons. The molecule has 7 aromatic carbocycles. The molecule has 0 amide bonds. The molecule has 0 unspecified atom stereocenters. The van der Waals surface area contributed by atoms with Crippen LogP contribution < -0.4 is 0 Å². The highest BCUT2D eigenvalue weighted by molar-refractivity contribution is 7.26. The van der Waals surface area contributed by atoms with Crippen molar-refractivity contribution >= 4 is 75.3 Å². The third-order valence-corrected chi connectivity index (χ3v) is 11.0. The highest BCUT2D eigenvalue weighted by atomic mass is 32.1. The average molecular weight is 671 g/mol. The summed E-state index contributed by atoms with van der Waals surface area (Å²) < 4.78 is 11.2. The van der Waals surface area contributed by atoms with Crippen molar-refractivity contribution < 1.29 is 4.42 Å². The van der Waals surface area contributed by atoms with Crippen molar-refractivity contribution in [2.24, 2.45) is 0 Å². The monoisotopic (exact) mass is 670 g/mol. The Morgan fingerprint density at radius 1 is 0.471 bits per heavy atom. The van der Waals surface area contributed by atoms with E-state index in [1.807, 2.05) is 47.7 Å². The first-order chi connectivity index (χ1) is 25.3. The molecule has 238 valence electrons. The number of nitrogens with zero attached hydrogens (tertiary/aromatic N) is 4. The second-order valence-corrected chi connectivity index (χ2v) is 13.9. The van der Waals surface area contributed by atoms with Gasteiger partial charge in [-0.15, -0.1) is 11.3 Å². The summed E-state index contributed by atoms with van der Waals surface area (Å²) in [6.07, 6.45) is 0. The lowest BCUT2D eigenvalue weighted by Gasteiger charge is -2.12. The van der Waals surface area contributed by atoms with E-state index in [9.17, 15) is 0 Å². The summed E-state index contributed by atoms with van der Waals surface area (Å²) in [5.41, 5.74) is 7.73. The number of hydrogen-bond donors (Lipinski definition) is 0. The fourth-order valence-corrected chi connectivity index (χ4v) is 8.82. The quantitative estimate of drug-likeness (QED) is 0.187. The highest BCUT2D eigenvalue weighted by Crippen LogP contribution is 2.43. The van der Waals surface area contributed by atoms with Gasteiger partial charge in [0.25, 0.3) is 0 Å². The maximum Gasteiger partial charge on any atom is 0.238 e. The second-order valence-electron chi connectivity index (χ2n) is 12.8. The zero-order chi connectivity index (χ0) is 33.5. The molecule has 6 heteroatoms. The van der Waals surface area contributed by atoms with Crippen LogP contribution in [0.1, 0.15) is 0 Å². The molecule has 11 rings (SSSR count). The van der Waals surface area contributed by atoms with Crippen molar-refractivity contribution in [3.8, 4) is 39.9 Å². The van der Waals surface area contributed by atoms with E-state index >= 15 is 0 Å². The molecule has 4 heterocycles. The Bertz CT molecular complexity index is 3140. The second kappa shape index (κ2) is 10.9. The molecular weight excluding hydrogens is 645 g/mol. The molecule has 0 saturated carbocycles. The lowest BCUT2D eigenvalue weighted by molar-refractivity contribution is 0.669. The van der Waals surface area contributed by atoms with Crippen LogP contribution in [-0.4, -0.2) is 19.5 Å². The van der Waals surface area contributed by atoms with Gasteiger partial charge in [0, 0.05) is 48.1 Å². The van der Waals surface area contributed by atoms with Crippen LogP contribution >= 0.6 is 11.3 Å². The van der Waals surface area contributed by atoms with E-state index in [4.69, 9.17) is 19.4 Å². The predicted octanol–water partition coefficient (Wildman–Crippen LogP) is 12.2. The van der Waals surface area contributed by atoms with E-state index in [1.165, 1.54) is 25.6 Å². The number of benzene rings is 7. The minimum absolute atomic E-state index is 0.570. The van der Waals surface area contributed by atoms with Crippen LogP contribution in [-0.2, 0) is 0 Å². The van der Waals surface area contributed by atoms with Crippen LogP contribution in [0.5, 0.6) is 0 Å². The first kappa shape index (κ1) is 28.2. The predicted molar refractivity (Wildman–Crippen MR) is 211 cm³/mol. The van der Waals surface area contributed by atoms with Crippen LogP contribution in [0.2, 0.25) is 0 Å². The molecule has 0 aliphatic heterocycles. The van der Waals surface area contributed by atoms with Crippen molar-refractivity contribution in [2.45, 2.75) is 0 Å². The number of para-hydroxylation sites is 2. The van der Waals surface area contributed by atoms with Crippen molar-refractivity contribution in [3.63, 3.8) is 0 Å². The van der Waals surface area contributed by atoms with Gasteiger partial charge in [-0.1, -0.05) is 127 Å². The van der Waals surface area contributed by atoms with Crippen molar-refractivity contribution in [3.05, 3.63) is 158 Å². The Morgan fingerprint density at radius 2 is 1.12 bits per heavy atom. The number of fused-ring (bicyclic) bond motifs is 10. The van der Waals surface area contributed by atoms with Crippen LogP contribution in [0.15, 0.2) is 162 Å². The van der Waals surface area contributed by atoms with Crippen molar-refractivity contribution in [1.29, 1.82) is 0 Å². The molecule has 0 aliphatic rings. The Hall–Kier alpha value is -6.63. The maximum atomic E-state index is 6.51. The summed E-state index contributed by atoms with van der Waals surface area (Å²) in [4.78, 5) is 15.7. The fourth-order valence-electron chi connectivity index (χ4n) is 7.58. The largest absolute Gasteiger partial charge is 0.456 e. The molecule has 0 N–H and O–H groups in total. The van der Waals surface area contributed by atoms with E-state index < -0.39 is 0 Å². The molecule has 11 aromatic rings. The minimum Gasteiger partial charge on any atom is -0.456 e. The van der Waals surface area contributed by atoms with Gasteiger partial charge in [-0.2, -0.15) is 9.97 Å². The standard InChI is InChI=1S/C45H26N4OS/c1-3-13-27(14-4-1)35-25-29(26-38-40(35)34-19-8-11-21-37(34)50-38)44-46-43(28-15-5-2-6-16-28)47-45(48-44)49-36-20-10-7-17-30(36)32-23-24-33-31-18-9-12-22-39(31)51-42(33)41(32)49/h1-26H. The van der Waals surface area contributed by atoms with E-state index in [2.05, 4.69) is 126 Å². The topological polar surface area (TPSA) is 56.7 Å². The molecular formula is C45H26N4OS. The van der Waals surface area contributed by atoms with E-state index in [0.717, 1.165) is 60.6 Å².